The van der Waals surface area contributed by atoms with Gasteiger partial charge in [0.2, 0.25) is 0 Å². The number of rotatable bonds is 3. The standard InChI is InChI=1S/C12H17NO2/c1-4-15-12(14)11(13)10-8(2)6-5-7-9(10)3/h5-7,11H,4,13H2,1-3H3. The Labute approximate surface area is 90.2 Å². The predicted molar refractivity (Wildman–Crippen MR) is 59.5 cm³/mol. The molecule has 1 unspecified atom stereocenters. The average molecular weight is 207 g/mol. The van der Waals surface area contributed by atoms with Crippen molar-refractivity contribution in [3.63, 3.8) is 0 Å². The van der Waals surface area contributed by atoms with Crippen LogP contribution in [0.1, 0.15) is 29.7 Å². The molecule has 3 heteroatoms. The van der Waals surface area contributed by atoms with Crippen LogP contribution in [0.4, 0.5) is 0 Å². The van der Waals surface area contributed by atoms with E-state index < -0.39 is 6.04 Å². The van der Waals surface area contributed by atoms with Crippen LogP contribution in [0.2, 0.25) is 0 Å². The number of esters is 1. The van der Waals surface area contributed by atoms with Crippen molar-refractivity contribution in [1.29, 1.82) is 0 Å². The van der Waals surface area contributed by atoms with Crippen LogP contribution in [-0.2, 0) is 9.53 Å². The van der Waals surface area contributed by atoms with Gasteiger partial charge in [0.05, 0.1) is 6.61 Å². The lowest BCUT2D eigenvalue weighted by atomic mass is 9.97. The summed E-state index contributed by atoms with van der Waals surface area (Å²) in [6.07, 6.45) is 0. The minimum Gasteiger partial charge on any atom is -0.465 e. The normalized spacial score (nSPS) is 12.3. The number of hydrogen-bond donors (Lipinski definition) is 1. The highest BCUT2D eigenvalue weighted by Crippen LogP contribution is 2.20. The minimum atomic E-state index is -0.675. The fourth-order valence-corrected chi connectivity index (χ4v) is 1.67. The molecule has 1 aromatic rings. The molecule has 0 spiro atoms. The molecule has 1 atom stereocenters. The summed E-state index contributed by atoms with van der Waals surface area (Å²) in [6, 6.07) is 5.17. The van der Waals surface area contributed by atoms with E-state index in [9.17, 15) is 4.79 Å². The smallest absolute Gasteiger partial charge is 0.327 e. The van der Waals surface area contributed by atoms with E-state index in [1.54, 1.807) is 6.92 Å². The second-order valence-electron chi connectivity index (χ2n) is 3.54. The van der Waals surface area contributed by atoms with E-state index in [-0.39, 0.29) is 5.97 Å². The van der Waals surface area contributed by atoms with Crippen LogP contribution in [0.3, 0.4) is 0 Å². The average Bonchev–Trinajstić information content (AvgIpc) is 2.17. The van der Waals surface area contributed by atoms with Crippen LogP contribution >= 0.6 is 0 Å². The van der Waals surface area contributed by atoms with E-state index in [0.717, 1.165) is 16.7 Å². The summed E-state index contributed by atoms with van der Waals surface area (Å²) in [7, 11) is 0. The molecule has 0 amide bonds. The van der Waals surface area contributed by atoms with Crippen molar-refractivity contribution in [2.24, 2.45) is 5.73 Å². The van der Waals surface area contributed by atoms with Crippen LogP contribution in [0.25, 0.3) is 0 Å². The van der Waals surface area contributed by atoms with Gasteiger partial charge in [-0.2, -0.15) is 0 Å². The van der Waals surface area contributed by atoms with Gasteiger partial charge in [0.1, 0.15) is 6.04 Å². The van der Waals surface area contributed by atoms with E-state index in [1.165, 1.54) is 0 Å². The van der Waals surface area contributed by atoms with E-state index >= 15 is 0 Å². The van der Waals surface area contributed by atoms with Crippen molar-refractivity contribution in [3.8, 4) is 0 Å². The third kappa shape index (κ3) is 2.57. The molecule has 82 valence electrons. The Morgan fingerprint density at radius 2 is 1.93 bits per heavy atom. The molecule has 0 fully saturated rings. The summed E-state index contributed by atoms with van der Waals surface area (Å²) in [6.45, 7) is 6.02. The molecule has 0 bridgehead atoms. The van der Waals surface area contributed by atoms with Gasteiger partial charge in [0.15, 0.2) is 0 Å². The Bertz CT molecular complexity index is 340. The summed E-state index contributed by atoms with van der Waals surface area (Å²) in [4.78, 5) is 11.5. The zero-order valence-electron chi connectivity index (χ0n) is 9.41. The quantitative estimate of drug-likeness (QED) is 0.770. The predicted octanol–water partition coefficient (Wildman–Crippen LogP) is 1.87. The molecule has 0 saturated heterocycles. The third-order valence-corrected chi connectivity index (χ3v) is 2.39. The van der Waals surface area contributed by atoms with E-state index in [1.807, 2.05) is 32.0 Å². The van der Waals surface area contributed by atoms with Crippen molar-refractivity contribution in [1.82, 2.24) is 0 Å². The van der Waals surface area contributed by atoms with Gasteiger partial charge in [-0.3, -0.25) is 0 Å². The van der Waals surface area contributed by atoms with Gasteiger partial charge in [0.25, 0.3) is 0 Å². The van der Waals surface area contributed by atoms with Gasteiger partial charge >= 0.3 is 5.97 Å². The first-order valence-corrected chi connectivity index (χ1v) is 5.06. The number of hydrogen-bond acceptors (Lipinski definition) is 3. The third-order valence-electron chi connectivity index (χ3n) is 2.39. The molecule has 3 nitrogen and oxygen atoms in total. The van der Waals surface area contributed by atoms with Gasteiger partial charge < -0.3 is 10.5 Å². The second-order valence-corrected chi connectivity index (χ2v) is 3.54. The van der Waals surface area contributed by atoms with Crippen LogP contribution in [-0.4, -0.2) is 12.6 Å². The summed E-state index contributed by atoms with van der Waals surface area (Å²) in [5.74, 6) is -0.366. The van der Waals surface area contributed by atoms with Gasteiger partial charge in [-0.25, -0.2) is 4.79 Å². The van der Waals surface area contributed by atoms with Crippen molar-refractivity contribution in [3.05, 3.63) is 34.9 Å². The fourth-order valence-electron chi connectivity index (χ4n) is 1.67. The molecule has 0 aliphatic heterocycles. The maximum atomic E-state index is 11.5. The number of nitrogens with two attached hydrogens (primary N) is 1. The van der Waals surface area contributed by atoms with Crippen LogP contribution in [0.5, 0.6) is 0 Å². The lowest BCUT2D eigenvalue weighted by Crippen LogP contribution is -2.25. The van der Waals surface area contributed by atoms with Crippen LogP contribution in [0.15, 0.2) is 18.2 Å². The van der Waals surface area contributed by atoms with E-state index in [4.69, 9.17) is 10.5 Å². The molecule has 0 aliphatic carbocycles. The summed E-state index contributed by atoms with van der Waals surface area (Å²) < 4.78 is 4.90. The van der Waals surface area contributed by atoms with Crippen molar-refractivity contribution >= 4 is 5.97 Å². The summed E-state index contributed by atoms with van der Waals surface area (Å²) in [5.41, 5.74) is 8.77. The Morgan fingerprint density at radius 3 is 2.40 bits per heavy atom. The van der Waals surface area contributed by atoms with Crippen molar-refractivity contribution in [2.75, 3.05) is 6.61 Å². The Kier molecular flexibility index (Phi) is 3.86. The van der Waals surface area contributed by atoms with E-state index in [0.29, 0.717) is 6.61 Å². The Morgan fingerprint density at radius 1 is 1.40 bits per heavy atom. The molecular weight excluding hydrogens is 190 g/mol. The zero-order valence-corrected chi connectivity index (χ0v) is 9.41. The molecule has 0 aliphatic rings. The Balaban J connectivity index is 3.00. The number of benzene rings is 1. The van der Waals surface area contributed by atoms with Crippen LogP contribution < -0.4 is 5.73 Å². The number of carbonyl (C=O) groups excluding carboxylic acids is 1. The maximum Gasteiger partial charge on any atom is 0.327 e. The molecule has 15 heavy (non-hydrogen) atoms. The number of carbonyl (C=O) groups is 1. The van der Waals surface area contributed by atoms with Crippen molar-refractivity contribution < 1.29 is 9.53 Å². The monoisotopic (exact) mass is 207 g/mol. The zero-order chi connectivity index (χ0) is 11.4. The van der Waals surface area contributed by atoms with Crippen molar-refractivity contribution in [2.45, 2.75) is 26.8 Å². The molecule has 1 rings (SSSR count). The lowest BCUT2D eigenvalue weighted by Gasteiger charge is -2.15. The first kappa shape index (κ1) is 11.7. The van der Waals surface area contributed by atoms with Gasteiger partial charge in [0, 0.05) is 0 Å². The minimum absolute atomic E-state index is 0.359. The molecule has 0 heterocycles. The largest absolute Gasteiger partial charge is 0.465 e. The highest BCUT2D eigenvalue weighted by atomic mass is 16.5. The SMILES string of the molecule is CCOC(=O)C(N)c1c(C)cccc1C. The fraction of sp³-hybridized carbons (Fsp3) is 0.417. The topological polar surface area (TPSA) is 52.3 Å². The highest BCUT2D eigenvalue weighted by Gasteiger charge is 2.20. The van der Waals surface area contributed by atoms with Gasteiger partial charge in [-0.1, -0.05) is 18.2 Å². The summed E-state index contributed by atoms with van der Waals surface area (Å²) in [5, 5.41) is 0. The van der Waals surface area contributed by atoms with Gasteiger partial charge in [-0.05, 0) is 37.5 Å². The first-order chi connectivity index (χ1) is 7.07. The maximum absolute atomic E-state index is 11.5. The molecule has 0 saturated carbocycles. The molecule has 0 aromatic heterocycles. The second kappa shape index (κ2) is 4.94. The number of aryl methyl sites for hydroxylation is 2. The lowest BCUT2D eigenvalue weighted by molar-refractivity contribution is -0.144. The highest BCUT2D eigenvalue weighted by molar-refractivity contribution is 5.78. The first-order valence-electron chi connectivity index (χ1n) is 5.06. The molecular formula is C12H17NO2. The van der Waals surface area contributed by atoms with Gasteiger partial charge in [-0.15, -0.1) is 0 Å². The summed E-state index contributed by atoms with van der Waals surface area (Å²) >= 11 is 0. The molecule has 2 N–H and O–H groups in total. The van der Waals surface area contributed by atoms with E-state index in [2.05, 4.69) is 0 Å². The molecule has 0 radical (unpaired) electrons. The number of ether oxygens (including phenoxy) is 1. The molecule has 1 aromatic carbocycles. The van der Waals surface area contributed by atoms with Crippen LogP contribution in [0, 0.1) is 13.8 Å². The Hall–Kier alpha value is -1.35.